The molecule has 1 N–H and O–H groups in total. The molecule has 1 aliphatic carbocycles. The molecule has 3 heteroatoms. The quantitative estimate of drug-likeness (QED) is 0.778. The summed E-state index contributed by atoms with van der Waals surface area (Å²) in [4.78, 5) is 14.8. The van der Waals surface area contributed by atoms with Crippen LogP contribution in [0.4, 0.5) is 0 Å². The Morgan fingerprint density at radius 2 is 2.11 bits per heavy atom. The number of carbonyl (C=O) groups excluding carboxylic acids is 1. The molecule has 0 aromatic carbocycles. The maximum absolute atomic E-state index is 12.7. The highest BCUT2D eigenvalue weighted by molar-refractivity contribution is 5.82. The zero-order chi connectivity index (χ0) is 13.9. The summed E-state index contributed by atoms with van der Waals surface area (Å²) in [6, 6.07) is 0.307. The van der Waals surface area contributed by atoms with Crippen LogP contribution in [0.25, 0.3) is 0 Å². The molecule has 0 radical (unpaired) electrons. The van der Waals surface area contributed by atoms with Crippen LogP contribution in [0.15, 0.2) is 12.2 Å². The third-order valence-electron chi connectivity index (χ3n) is 4.52. The minimum Gasteiger partial charge on any atom is -0.334 e. The van der Waals surface area contributed by atoms with E-state index in [4.69, 9.17) is 0 Å². The lowest BCUT2D eigenvalue weighted by atomic mass is 9.87. The predicted molar refractivity (Wildman–Crippen MR) is 79.0 cm³/mol. The normalized spacial score (nSPS) is 31.9. The van der Waals surface area contributed by atoms with E-state index in [1.165, 1.54) is 12.8 Å². The van der Waals surface area contributed by atoms with Crippen LogP contribution in [0.5, 0.6) is 0 Å². The molecular weight excluding hydrogens is 236 g/mol. The van der Waals surface area contributed by atoms with Gasteiger partial charge in [0.15, 0.2) is 0 Å². The molecule has 1 saturated heterocycles. The SMILES string of the molecule is CNC1CCC(C)(C)CN(C2C=CCCCC2)C1=O. The minimum atomic E-state index is -0.00146. The molecule has 1 fully saturated rings. The highest BCUT2D eigenvalue weighted by Gasteiger charge is 2.36. The first-order chi connectivity index (χ1) is 9.03. The molecule has 0 saturated carbocycles. The summed E-state index contributed by atoms with van der Waals surface area (Å²) in [5, 5.41) is 3.20. The molecule has 1 heterocycles. The Labute approximate surface area is 117 Å². The smallest absolute Gasteiger partial charge is 0.240 e. The fraction of sp³-hybridized carbons (Fsp3) is 0.812. The molecule has 19 heavy (non-hydrogen) atoms. The molecular formula is C16H28N2O. The van der Waals surface area contributed by atoms with Gasteiger partial charge in [-0.1, -0.05) is 32.4 Å². The molecule has 108 valence electrons. The summed E-state index contributed by atoms with van der Waals surface area (Å²) in [5.41, 5.74) is 0.224. The summed E-state index contributed by atoms with van der Waals surface area (Å²) in [7, 11) is 1.90. The Hall–Kier alpha value is -0.830. The van der Waals surface area contributed by atoms with Gasteiger partial charge < -0.3 is 10.2 Å². The third kappa shape index (κ3) is 3.59. The van der Waals surface area contributed by atoms with Crippen molar-refractivity contribution in [3.05, 3.63) is 12.2 Å². The van der Waals surface area contributed by atoms with Crippen molar-refractivity contribution >= 4 is 5.91 Å². The molecule has 1 amide bonds. The zero-order valence-electron chi connectivity index (χ0n) is 12.6. The largest absolute Gasteiger partial charge is 0.334 e. The first-order valence-corrected chi connectivity index (χ1v) is 7.68. The lowest BCUT2D eigenvalue weighted by Gasteiger charge is -2.35. The van der Waals surface area contributed by atoms with Crippen LogP contribution >= 0.6 is 0 Å². The molecule has 0 spiro atoms. The van der Waals surface area contributed by atoms with Gasteiger partial charge in [-0.2, -0.15) is 0 Å². The van der Waals surface area contributed by atoms with E-state index in [0.29, 0.717) is 11.9 Å². The summed E-state index contributed by atoms with van der Waals surface area (Å²) in [6.45, 7) is 5.45. The highest BCUT2D eigenvalue weighted by atomic mass is 16.2. The summed E-state index contributed by atoms with van der Waals surface area (Å²) in [6.07, 6.45) is 11.4. The number of amides is 1. The topological polar surface area (TPSA) is 32.3 Å². The van der Waals surface area contributed by atoms with Gasteiger partial charge in [0.1, 0.15) is 0 Å². The third-order valence-corrected chi connectivity index (χ3v) is 4.52. The van der Waals surface area contributed by atoms with Gasteiger partial charge in [0.2, 0.25) is 5.91 Å². The van der Waals surface area contributed by atoms with Crippen LogP contribution in [0.2, 0.25) is 0 Å². The van der Waals surface area contributed by atoms with Crippen LogP contribution in [0.3, 0.4) is 0 Å². The van der Waals surface area contributed by atoms with Crippen LogP contribution in [0, 0.1) is 5.41 Å². The van der Waals surface area contributed by atoms with Gasteiger partial charge in [-0.3, -0.25) is 4.79 Å². The van der Waals surface area contributed by atoms with Gasteiger partial charge in [0.05, 0.1) is 12.1 Å². The monoisotopic (exact) mass is 264 g/mol. The number of likely N-dealkylation sites (tertiary alicyclic amines) is 1. The molecule has 2 atom stereocenters. The highest BCUT2D eigenvalue weighted by Crippen LogP contribution is 2.31. The Kier molecular flexibility index (Phi) is 4.67. The Morgan fingerprint density at radius 3 is 2.84 bits per heavy atom. The van der Waals surface area contributed by atoms with Crippen molar-refractivity contribution in [2.45, 2.75) is 64.5 Å². The van der Waals surface area contributed by atoms with Crippen LogP contribution in [0.1, 0.15) is 52.4 Å². The number of hydrogen-bond donors (Lipinski definition) is 1. The lowest BCUT2D eigenvalue weighted by molar-refractivity contribution is -0.135. The van der Waals surface area contributed by atoms with Crippen molar-refractivity contribution in [3.8, 4) is 0 Å². The summed E-state index contributed by atoms with van der Waals surface area (Å²) in [5.74, 6) is 0.296. The van der Waals surface area contributed by atoms with Crippen molar-refractivity contribution in [3.63, 3.8) is 0 Å². The first-order valence-electron chi connectivity index (χ1n) is 7.68. The average Bonchev–Trinajstić information content (AvgIpc) is 2.69. The second-order valence-electron chi connectivity index (χ2n) is 6.79. The predicted octanol–water partition coefficient (Wildman–Crippen LogP) is 2.72. The molecule has 2 rings (SSSR count). The van der Waals surface area contributed by atoms with E-state index in [2.05, 4.69) is 36.2 Å². The standard InChI is InChI=1S/C16H28N2O/c1-16(2)11-10-14(17-3)15(19)18(12-16)13-8-6-4-5-7-9-13/h6,8,13-14,17H,4-5,7,9-12H2,1-3H3. The fourth-order valence-electron chi connectivity index (χ4n) is 3.25. The molecule has 0 bridgehead atoms. The Balaban J connectivity index is 2.20. The average molecular weight is 264 g/mol. The fourth-order valence-corrected chi connectivity index (χ4v) is 3.25. The maximum atomic E-state index is 12.7. The van der Waals surface area contributed by atoms with Crippen molar-refractivity contribution in [2.24, 2.45) is 5.41 Å². The van der Waals surface area contributed by atoms with E-state index in [1.54, 1.807) is 0 Å². The molecule has 2 aliphatic rings. The van der Waals surface area contributed by atoms with Gasteiger partial charge in [0, 0.05) is 6.54 Å². The maximum Gasteiger partial charge on any atom is 0.240 e. The van der Waals surface area contributed by atoms with Crippen LogP contribution in [-0.2, 0) is 4.79 Å². The minimum absolute atomic E-state index is 0.00146. The van der Waals surface area contributed by atoms with Gasteiger partial charge in [-0.15, -0.1) is 0 Å². The molecule has 1 aliphatic heterocycles. The van der Waals surface area contributed by atoms with E-state index in [9.17, 15) is 4.79 Å². The van der Waals surface area contributed by atoms with E-state index in [-0.39, 0.29) is 11.5 Å². The van der Waals surface area contributed by atoms with E-state index in [0.717, 1.165) is 32.2 Å². The Bertz CT molecular complexity index is 349. The Morgan fingerprint density at radius 1 is 1.32 bits per heavy atom. The number of hydrogen-bond acceptors (Lipinski definition) is 2. The van der Waals surface area contributed by atoms with Crippen molar-refractivity contribution in [2.75, 3.05) is 13.6 Å². The van der Waals surface area contributed by atoms with Crippen LogP contribution < -0.4 is 5.32 Å². The number of allylic oxidation sites excluding steroid dienone is 1. The van der Waals surface area contributed by atoms with E-state index < -0.39 is 0 Å². The van der Waals surface area contributed by atoms with E-state index >= 15 is 0 Å². The number of carbonyl (C=O) groups is 1. The zero-order valence-corrected chi connectivity index (χ0v) is 12.6. The second-order valence-corrected chi connectivity index (χ2v) is 6.79. The molecule has 3 nitrogen and oxygen atoms in total. The van der Waals surface area contributed by atoms with Crippen LogP contribution in [-0.4, -0.2) is 36.5 Å². The molecule has 2 unspecified atom stereocenters. The van der Waals surface area contributed by atoms with Gasteiger partial charge in [-0.25, -0.2) is 0 Å². The summed E-state index contributed by atoms with van der Waals surface area (Å²) < 4.78 is 0. The van der Waals surface area contributed by atoms with Gasteiger partial charge >= 0.3 is 0 Å². The first kappa shape index (κ1) is 14.6. The lowest BCUT2D eigenvalue weighted by Crippen LogP contribution is -2.49. The summed E-state index contributed by atoms with van der Waals surface area (Å²) >= 11 is 0. The van der Waals surface area contributed by atoms with Gasteiger partial charge in [0.25, 0.3) is 0 Å². The van der Waals surface area contributed by atoms with Crippen molar-refractivity contribution in [1.29, 1.82) is 0 Å². The van der Waals surface area contributed by atoms with E-state index in [1.807, 2.05) is 7.05 Å². The second kappa shape index (κ2) is 6.08. The number of nitrogens with one attached hydrogen (secondary N) is 1. The van der Waals surface area contributed by atoms with Gasteiger partial charge in [-0.05, 0) is 44.6 Å². The van der Waals surface area contributed by atoms with Crippen molar-refractivity contribution in [1.82, 2.24) is 10.2 Å². The number of nitrogens with zero attached hydrogens (tertiary/aromatic N) is 1. The number of rotatable bonds is 2. The molecule has 0 aromatic heterocycles. The number of likely N-dealkylation sites (N-methyl/N-ethyl adjacent to an activating group) is 1. The van der Waals surface area contributed by atoms with Crippen molar-refractivity contribution < 1.29 is 4.79 Å². The molecule has 0 aromatic rings.